The number of para-hydroxylation sites is 1. The summed E-state index contributed by atoms with van der Waals surface area (Å²) < 4.78 is 22.2. The summed E-state index contributed by atoms with van der Waals surface area (Å²) in [6, 6.07) is 4.41. The van der Waals surface area contributed by atoms with Crippen molar-refractivity contribution in [3.63, 3.8) is 0 Å². The van der Waals surface area contributed by atoms with Crippen LogP contribution in [-0.4, -0.2) is 21.9 Å². The molecule has 1 aromatic rings. The van der Waals surface area contributed by atoms with E-state index in [2.05, 4.69) is 23.4 Å². The van der Waals surface area contributed by atoms with Crippen molar-refractivity contribution >= 4 is 44.5 Å². The first-order chi connectivity index (χ1) is 6.50. The lowest BCUT2D eigenvalue weighted by Crippen LogP contribution is -1.90. The van der Waals surface area contributed by atoms with Crippen molar-refractivity contribution in [1.82, 2.24) is 0 Å². The predicted octanol–water partition coefficient (Wildman–Crippen LogP) is 2.28. The van der Waals surface area contributed by atoms with E-state index in [-0.39, 0.29) is 10.6 Å². The Morgan fingerprint density at radius 2 is 1.86 bits per heavy atom. The van der Waals surface area contributed by atoms with E-state index in [0.29, 0.717) is 5.69 Å². The van der Waals surface area contributed by atoms with E-state index < -0.39 is 9.05 Å². The summed E-state index contributed by atoms with van der Waals surface area (Å²) >= 11 is 0. The molecular formula is C8H7ClN2O2S. The van der Waals surface area contributed by atoms with Crippen LogP contribution in [0.1, 0.15) is 0 Å². The molecule has 0 aliphatic rings. The predicted molar refractivity (Wildman–Crippen MR) is 57.9 cm³/mol. The second-order valence-electron chi connectivity index (χ2n) is 2.38. The maximum Gasteiger partial charge on any atom is 0.263 e. The van der Waals surface area contributed by atoms with Gasteiger partial charge in [0.1, 0.15) is 10.6 Å². The summed E-state index contributed by atoms with van der Waals surface area (Å²) in [5.74, 6) is 0. The van der Waals surface area contributed by atoms with Gasteiger partial charge in [-0.3, -0.25) is 9.98 Å². The van der Waals surface area contributed by atoms with Gasteiger partial charge in [-0.1, -0.05) is 6.07 Å². The van der Waals surface area contributed by atoms with E-state index in [1.807, 2.05) is 0 Å². The van der Waals surface area contributed by atoms with E-state index >= 15 is 0 Å². The molecule has 0 aliphatic heterocycles. The molecule has 1 aromatic carbocycles. The molecule has 74 valence electrons. The fraction of sp³-hybridized carbons (Fsp3) is 0. The van der Waals surface area contributed by atoms with Gasteiger partial charge in [-0.25, -0.2) is 8.42 Å². The van der Waals surface area contributed by atoms with Gasteiger partial charge in [0.05, 0.1) is 5.69 Å². The first kappa shape index (κ1) is 10.9. The minimum atomic E-state index is -3.83. The van der Waals surface area contributed by atoms with E-state index in [4.69, 9.17) is 10.7 Å². The summed E-state index contributed by atoms with van der Waals surface area (Å²) in [5.41, 5.74) is 0.458. The Labute approximate surface area is 86.4 Å². The molecule has 4 nitrogen and oxygen atoms in total. The van der Waals surface area contributed by atoms with Crippen LogP contribution in [0.25, 0.3) is 0 Å². The highest BCUT2D eigenvalue weighted by Crippen LogP contribution is 2.35. The molecule has 0 amide bonds. The third-order valence-corrected chi connectivity index (χ3v) is 2.92. The van der Waals surface area contributed by atoms with Crippen molar-refractivity contribution in [2.45, 2.75) is 4.90 Å². The van der Waals surface area contributed by atoms with Gasteiger partial charge in [-0.2, -0.15) is 0 Å². The van der Waals surface area contributed by atoms with Gasteiger partial charge in [-0.05, 0) is 25.6 Å². The van der Waals surface area contributed by atoms with Crippen LogP contribution >= 0.6 is 10.7 Å². The van der Waals surface area contributed by atoms with Crippen LogP contribution in [0, 0.1) is 0 Å². The number of nitrogens with zero attached hydrogens (tertiary/aromatic N) is 2. The van der Waals surface area contributed by atoms with Gasteiger partial charge < -0.3 is 0 Å². The monoisotopic (exact) mass is 230 g/mol. The molecule has 1 rings (SSSR count). The maximum absolute atomic E-state index is 11.1. The molecule has 0 fully saturated rings. The standard InChI is InChI=1S/C8H7ClN2O2S/c1-10-6-4-3-5-7(8(6)11-2)14(9,12)13/h3-5H,1-2H2. The molecule has 6 heteroatoms. The number of benzene rings is 1. The van der Waals surface area contributed by atoms with Crippen molar-refractivity contribution in [3.05, 3.63) is 18.2 Å². The average molecular weight is 231 g/mol. The summed E-state index contributed by atoms with van der Waals surface area (Å²) in [5, 5.41) is 0. The molecule has 0 aliphatic carbocycles. The maximum atomic E-state index is 11.1. The Morgan fingerprint density at radius 3 is 2.29 bits per heavy atom. The van der Waals surface area contributed by atoms with Crippen LogP contribution in [0.4, 0.5) is 11.4 Å². The fourth-order valence-electron chi connectivity index (χ4n) is 0.994. The van der Waals surface area contributed by atoms with Crippen molar-refractivity contribution in [1.29, 1.82) is 0 Å². The van der Waals surface area contributed by atoms with Crippen LogP contribution in [0.3, 0.4) is 0 Å². The van der Waals surface area contributed by atoms with Gasteiger partial charge in [0.25, 0.3) is 9.05 Å². The third kappa shape index (κ3) is 2.00. The number of aliphatic imine (C=N–C) groups is 2. The topological polar surface area (TPSA) is 58.9 Å². The molecule has 0 unspecified atom stereocenters. The first-order valence-corrected chi connectivity index (χ1v) is 5.82. The number of rotatable bonds is 3. The van der Waals surface area contributed by atoms with Crippen molar-refractivity contribution in [2.75, 3.05) is 0 Å². The van der Waals surface area contributed by atoms with Crippen molar-refractivity contribution in [3.8, 4) is 0 Å². The van der Waals surface area contributed by atoms with Gasteiger partial charge in [0.15, 0.2) is 0 Å². The summed E-state index contributed by atoms with van der Waals surface area (Å²) in [4.78, 5) is 7.06. The average Bonchev–Trinajstić information content (AvgIpc) is 2.15. The zero-order valence-electron chi connectivity index (χ0n) is 7.14. The number of halogens is 1. The van der Waals surface area contributed by atoms with E-state index in [9.17, 15) is 8.42 Å². The molecular weight excluding hydrogens is 224 g/mol. The van der Waals surface area contributed by atoms with Gasteiger partial charge in [0, 0.05) is 10.7 Å². The molecule has 0 saturated carbocycles. The molecule has 0 N–H and O–H groups in total. The molecule has 0 radical (unpaired) electrons. The highest BCUT2D eigenvalue weighted by Gasteiger charge is 2.16. The second-order valence-corrected chi connectivity index (χ2v) is 4.91. The van der Waals surface area contributed by atoms with Gasteiger partial charge in [-0.15, -0.1) is 0 Å². The molecule has 0 spiro atoms. The largest absolute Gasteiger partial charge is 0.263 e. The summed E-state index contributed by atoms with van der Waals surface area (Å²) in [7, 11) is 1.37. The zero-order chi connectivity index (χ0) is 10.8. The van der Waals surface area contributed by atoms with Crippen LogP contribution < -0.4 is 0 Å². The first-order valence-electron chi connectivity index (χ1n) is 3.52. The van der Waals surface area contributed by atoms with Crippen LogP contribution in [0.5, 0.6) is 0 Å². The number of hydrogen-bond donors (Lipinski definition) is 0. The Morgan fingerprint density at radius 1 is 1.21 bits per heavy atom. The SMILES string of the molecule is C=Nc1cccc(S(=O)(=O)Cl)c1N=C. The molecule has 0 saturated heterocycles. The highest BCUT2D eigenvalue weighted by atomic mass is 35.7. The van der Waals surface area contributed by atoms with Crippen LogP contribution in [0.2, 0.25) is 0 Å². The highest BCUT2D eigenvalue weighted by molar-refractivity contribution is 8.13. The Bertz CT molecular complexity index is 482. The quantitative estimate of drug-likeness (QED) is 0.591. The van der Waals surface area contributed by atoms with Crippen LogP contribution in [-0.2, 0) is 9.05 Å². The lowest BCUT2D eigenvalue weighted by atomic mass is 10.3. The molecule has 0 atom stereocenters. The fourth-order valence-corrected chi connectivity index (χ4v) is 2.01. The molecule has 0 bridgehead atoms. The third-order valence-electron chi connectivity index (χ3n) is 1.57. The van der Waals surface area contributed by atoms with Gasteiger partial charge in [0.2, 0.25) is 0 Å². The second kappa shape index (κ2) is 3.89. The molecule has 0 heterocycles. The minimum absolute atomic E-state index is 0.112. The zero-order valence-corrected chi connectivity index (χ0v) is 8.72. The smallest absolute Gasteiger partial charge is 0.262 e. The van der Waals surface area contributed by atoms with E-state index in [1.165, 1.54) is 12.1 Å². The minimum Gasteiger partial charge on any atom is -0.262 e. The van der Waals surface area contributed by atoms with Crippen molar-refractivity contribution < 1.29 is 8.42 Å². The van der Waals surface area contributed by atoms with Gasteiger partial charge >= 0.3 is 0 Å². The van der Waals surface area contributed by atoms with Crippen molar-refractivity contribution in [2.24, 2.45) is 9.98 Å². The Hall–Kier alpha value is -1.20. The lowest BCUT2D eigenvalue weighted by molar-refractivity contribution is 0.610. The Balaban J connectivity index is 3.61. The van der Waals surface area contributed by atoms with E-state index in [1.54, 1.807) is 6.07 Å². The molecule has 0 aromatic heterocycles. The Kier molecular flexibility index (Phi) is 3.03. The number of hydrogen-bond acceptors (Lipinski definition) is 4. The molecule has 14 heavy (non-hydrogen) atoms. The van der Waals surface area contributed by atoms with Crippen LogP contribution in [0.15, 0.2) is 33.1 Å². The lowest BCUT2D eigenvalue weighted by Gasteiger charge is -2.03. The van der Waals surface area contributed by atoms with E-state index in [0.717, 1.165) is 0 Å². The summed E-state index contributed by atoms with van der Waals surface area (Å²) in [6.07, 6.45) is 0. The normalized spacial score (nSPS) is 10.9. The summed E-state index contributed by atoms with van der Waals surface area (Å²) in [6.45, 7) is 6.54.